The minimum Gasteiger partial charge on any atom is -0.478 e. The number of hydrogen-bond donors (Lipinski definition) is 1. The van der Waals surface area contributed by atoms with Gasteiger partial charge in [-0.05, 0) is 6.92 Å². The lowest BCUT2D eigenvalue weighted by molar-refractivity contribution is 0.255. The molecule has 1 aliphatic heterocycles. The zero-order chi connectivity index (χ0) is 12.3. The van der Waals surface area contributed by atoms with Gasteiger partial charge in [0, 0.05) is 12.5 Å². The van der Waals surface area contributed by atoms with Crippen LogP contribution in [0.4, 0.5) is 10.2 Å². The molecule has 1 N–H and O–H groups in total. The molecule has 0 spiro atoms. The van der Waals surface area contributed by atoms with E-state index < -0.39 is 6.17 Å². The number of nitrogens with zero attached hydrogens (tertiary/aromatic N) is 3. The van der Waals surface area contributed by atoms with E-state index in [0.29, 0.717) is 24.7 Å². The van der Waals surface area contributed by atoms with Gasteiger partial charge in [-0.2, -0.15) is 0 Å². The first kappa shape index (κ1) is 12.0. The van der Waals surface area contributed by atoms with Gasteiger partial charge in [-0.3, -0.25) is 0 Å². The van der Waals surface area contributed by atoms with Crippen LogP contribution < -0.4 is 9.64 Å². The van der Waals surface area contributed by atoms with Crippen LogP contribution in [-0.2, 0) is 0 Å². The first-order valence-electron chi connectivity index (χ1n) is 5.71. The van der Waals surface area contributed by atoms with E-state index in [-0.39, 0.29) is 19.2 Å². The van der Waals surface area contributed by atoms with Crippen molar-refractivity contribution in [3.63, 3.8) is 0 Å². The van der Waals surface area contributed by atoms with Crippen LogP contribution in [0.25, 0.3) is 0 Å². The van der Waals surface area contributed by atoms with E-state index in [4.69, 9.17) is 4.74 Å². The average molecular weight is 241 g/mol. The van der Waals surface area contributed by atoms with Gasteiger partial charge in [0.1, 0.15) is 18.3 Å². The molecule has 6 heteroatoms. The highest BCUT2D eigenvalue weighted by molar-refractivity contribution is 5.43. The summed E-state index contributed by atoms with van der Waals surface area (Å²) < 4.78 is 18.6. The molecule has 94 valence electrons. The maximum atomic E-state index is 13.3. The third kappa shape index (κ3) is 2.63. The van der Waals surface area contributed by atoms with Crippen LogP contribution in [0.2, 0.25) is 0 Å². The van der Waals surface area contributed by atoms with Gasteiger partial charge in [0.15, 0.2) is 0 Å². The van der Waals surface area contributed by atoms with E-state index >= 15 is 0 Å². The number of rotatable bonds is 4. The molecule has 2 rings (SSSR count). The van der Waals surface area contributed by atoms with Crippen molar-refractivity contribution in [1.82, 2.24) is 9.97 Å². The van der Waals surface area contributed by atoms with Gasteiger partial charge in [-0.1, -0.05) is 0 Å². The lowest BCUT2D eigenvalue weighted by Gasteiger charge is -2.23. The Bertz CT molecular complexity index is 377. The molecule has 1 aromatic rings. The summed E-state index contributed by atoms with van der Waals surface area (Å²) in [6, 6.07) is 1.46. The Labute approximate surface area is 99.3 Å². The maximum Gasteiger partial charge on any atom is 0.218 e. The number of anilines is 1. The van der Waals surface area contributed by atoms with E-state index in [1.807, 2.05) is 6.92 Å². The predicted molar refractivity (Wildman–Crippen MR) is 60.9 cm³/mol. The van der Waals surface area contributed by atoms with Crippen LogP contribution >= 0.6 is 0 Å². The molecule has 0 radical (unpaired) electrons. The van der Waals surface area contributed by atoms with Crippen molar-refractivity contribution in [2.45, 2.75) is 25.6 Å². The normalized spacial score (nSPS) is 24.1. The largest absolute Gasteiger partial charge is 0.478 e. The molecule has 0 amide bonds. The first-order valence-corrected chi connectivity index (χ1v) is 5.71. The van der Waals surface area contributed by atoms with Crippen LogP contribution in [-0.4, -0.2) is 47.0 Å². The number of alkyl halides is 1. The molecule has 2 atom stereocenters. The molecule has 1 saturated heterocycles. The topological polar surface area (TPSA) is 58.5 Å². The highest BCUT2D eigenvalue weighted by Crippen LogP contribution is 2.26. The van der Waals surface area contributed by atoms with Crippen molar-refractivity contribution in [3.05, 3.63) is 12.4 Å². The van der Waals surface area contributed by atoms with Crippen LogP contribution in [0.15, 0.2) is 12.4 Å². The smallest absolute Gasteiger partial charge is 0.218 e. The second-order valence-electron chi connectivity index (χ2n) is 3.97. The molecule has 5 nitrogen and oxygen atoms in total. The summed E-state index contributed by atoms with van der Waals surface area (Å²) in [5.41, 5.74) is 0. The number of aromatic nitrogens is 2. The van der Waals surface area contributed by atoms with Crippen molar-refractivity contribution in [1.29, 1.82) is 0 Å². The number of hydrogen-bond acceptors (Lipinski definition) is 5. The fourth-order valence-electron chi connectivity index (χ4n) is 2.03. The van der Waals surface area contributed by atoms with Crippen molar-refractivity contribution < 1.29 is 14.2 Å². The third-order valence-electron chi connectivity index (χ3n) is 2.79. The van der Waals surface area contributed by atoms with Crippen molar-refractivity contribution >= 4 is 5.82 Å². The molecular formula is C11H16FN3O2. The first-order chi connectivity index (χ1) is 8.24. The van der Waals surface area contributed by atoms with E-state index in [0.717, 1.165) is 0 Å². The molecule has 1 fully saturated rings. The Balaban J connectivity index is 2.18. The molecule has 0 bridgehead atoms. The van der Waals surface area contributed by atoms with Crippen molar-refractivity contribution in [2.75, 3.05) is 24.7 Å². The molecule has 0 unspecified atom stereocenters. The summed E-state index contributed by atoms with van der Waals surface area (Å²) in [5, 5.41) is 9.21. The Kier molecular flexibility index (Phi) is 3.73. The summed E-state index contributed by atoms with van der Waals surface area (Å²) in [6.07, 6.45) is 0.808. The minimum absolute atomic E-state index is 0.0750. The third-order valence-corrected chi connectivity index (χ3v) is 2.79. The molecule has 0 aromatic carbocycles. The molecule has 17 heavy (non-hydrogen) atoms. The molecule has 2 heterocycles. The summed E-state index contributed by atoms with van der Waals surface area (Å²) in [5.74, 6) is 1.07. The molecule has 0 aliphatic carbocycles. The van der Waals surface area contributed by atoms with Gasteiger partial charge < -0.3 is 14.7 Å². The van der Waals surface area contributed by atoms with Crippen LogP contribution in [0, 0.1) is 0 Å². The monoisotopic (exact) mass is 241 g/mol. The second-order valence-corrected chi connectivity index (χ2v) is 3.97. The summed E-state index contributed by atoms with van der Waals surface area (Å²) in [6.45, 7) is 2.57. The number of aliphatic hydroxyl groups is 1. The number of halogens is 1. The second kappa shape index (κ2) is 5.27. The highest BCUT2D eigenvalue weighted by atomic mass is 19.1. The van der Waals surface area contributed by atoms with Gasteiger partial charge in [-0.25, -0.2) is 14.4 Å². The van der Waals surface area contributed by atoms with E-state index in [1.54, 1.807) is 11.0 Å². The van der Waals surface area contributed by atoms with Crippen LogP contribution in [0.1, 0.15) is 13.3 Å². The molecule has 1 aliphatic rings. The molecule has 0 saturated carbocycles. The van der Waals surface area contributed by atoms with Crippen LogP contribution in [0.5, 0.6) is 5.88 Å². The average Bonchev–Trinajstić information content (AvgIpc) is 2.71. The van der Waals surface area contributed by atoms with Crippen molar-refractivity contribution in [3.8, 4) is 5.88 Å². The van der Waals surface area contributed by atoms with Gasteiger partial charge >= 0.3 is 0 Å². The Hall–Kier alpha value is -1.43. The minimum atomic E-state index is -0.919. The maximum absolute atomic E-state index is 13.3. The van der Waals surface area contributed by atoms with Gasteiger partial charge in [0.05, 0.1) is 25.8 Å². The zero-order valence-electron chi connectivity index (χ0n) is 9.71. The molecule has 1 aromatic heterocycles. The summed E-state index contributed by atoms with van der Waals surface area (Å²) in [7, 11) is 0. The summed E-state index contributed by atoms with van der Waals surface area (Å²) >= 11 is 0. The lowest BCUT2D eigenvalue weighted by Crippen LogP contribution is -2.32. The highest BCUT2D eigenvalue weighted by Gasteiger charge is 2.32. The summed E-state index contributed by atoms with van der Waals surface area (Å²) in [4.78, 5) is 9.81. The van der Waals surface area contributed by atoms with Crippen molar-refractivity contribution in [2.24, 2.45) is 0 Å². The van der Waals surface area contributed by atoms with Gasteiger partial charge in [0.2, 0.25) is 5.88 Å². The molecular weight excluding hydrogens is 225 g/mol. The number of ether oxygens (including phenoxy) is 1. The van der Waals surface area contributed by atoms with E-state index in [1.165, 1.54) is 6.33 Å². The fourth-order valence-corrected chi connectivity index (χ4v) is 2.03. The fraction of sp³-hybridized carbons (Fsp3) is 0.636. The zero-order valence-corrected chi connectivity index (χ0v) is 9.71. The Morgan fingerprint density at radius 1 is 1.59 bits per heavy atom. The number of aliphatic hydroxyl groups excluding tert-OH is 1. The lowest BCUT2D eigenvalue weighted by atomic mass is 10.2. The van der Waals surface area contributed by atoms with Crippen LogP contribution in [0.3, 0.4) is 0 Å². The Morgan fingerprint density at radius 2 is 2.41 bits per heavy atom. The van der Waals surface area contributed by atoms with E-state index in [9.17, 15) is 9.50 Å². The standard InChI is InChI=1S/C11H16FN3O2/c1-2-17-11-4-10(13-7-14-11)15-5-8(12)3-9(15)6-16/h4,7-9,16H,2-3,5-6H2,1H3/t8-,9-/m0/s1. The Morgan fingerprint density at radius 3 is 3.12 bits per heavy atom. The quantitative estimate of drug-likeness (QED) is 0.844. The van der Waals surface area contributed by atoms with Gasteiger partial charge in [-0.15, -0.1) is 0 Å². The van der Waals surface area contributed by atoms with E-state index in [2.05, 4.69) is 9.97 Å². The predicted octanol–water partition coefficient (Wildman–Crippen LogP) is 0.784. The van der Waals surface area contributed by atoms with Gasteiger partial charge in [0.25, 0.3) is 0 Å². The SMILES string of the molecule is CCOc1cc(N2C[C@@H](F)C[C@H]2CO)ncn1.